The summed E-state index contributed by atoms with van der Waals surface area (Å²) in [7, 11) is 0. The maximum Gasteiger partial charge on any atom is -0.0169 e. The first-order chi connectivity index (χ1) is 9.41. The second-order valence-corrected chi connectivity index (χ2v) is 4.88. The molecule has 0 unspecified atom stereocenters. The van der Waals surface area contributed by atoms with E-state index in [1.165, 1.54) is 38.5 Å². The van der Waals surface area contributed by atoms with E-state index >= 15 is 0 Å². The first kappa shape index (κ1) is 18.0. The van der Waals surface area contributed by atoms with Gasteiger partial charge >= 0.3 is 0 Å². The zero-order chi connectivity index (χ0) is 14.0. The van der Waals surface area contributed by atoms with E-state index in [0.717, 1.165) is 19.3 Å². The van der Waals surface area contributed by atoms with Crippen molar-refractivity contribution in [1.29, 1.82) is 0 Å². The van der Waals surface area contributed by atoms with Crippen molar-refractivity contribution in [2.75, 3.05) is 0 Å². The Morgan fingerprint density at radius 2 is 0.947 bits per heavy atom. The highest BCUT2D eigenvalue weighted by Crippen LogP contribution is 2.00. The van der Waals surface area contributed by atoms with E-state index in [1.54, 1.807) is 0 Å². The van der Waals surface area contributed by atoms with E-state index in [-0.39, 0.29) is 0 Å². The van der Waals surface area contributed by atoms with Crippen LogP contribution >= 0.6 is 0 Å². The summed E-state index contributed by atoms with van der Waals surface area (Å²) in [6.07, 6.45) is 29.0. The molecule has 0 bridgehead atoms. The third kappa shape index (κ3) is 17.0. The van der Waals surface area contributed by atoms with Crippen LogP contribution in [-0.2, 0) is 0 Å². The van der Waals surface area contributed by atoms with Crippen molar-refractivity contribution in [1.82, 2.24) is 0 Å². The zero-order valence-electron chi connectivity index (χ0n) is 13.0. The summed E-state index contributed by atoms with van der Waals surface area (Å²) in [5, 5.41) is 0. The molecule has 0 aromatic carbocycles. The van der Waals surface area contributed by atoms with Crippen LogP contribution < -0.4 is 0 Å². The minimum absolute atomic E-state index is 1.06. The lowest BCUT2D eigenvalue weighted by Gasteiger charge is -1.90. The van der Waals surface area contributed by atoms with Crippen LogP contribution in [0.25, 0.3) is 0 Å². The fourth-order valence-corrected chi connectivity index (χ4v) is 1.73. The molecule has 0 spiro atoms. The molecule has 0 aliphatic heterocycles. The average molecular weight is 260 g/mol. The fourth-order valence-electron chi connectivity index (χ4n) is 1.73. The molecular formula is C19H32. The average Bonchev–Trinajstić information content (AvgIpc) is 2.43. The van der Waals surface area contributed by atoms with Crippen molar-refractivity contribution in [3.8, 4) is 0 Å². The van der Waals surface area contributed by atoms with Crippen LogP contribution in [0.15, 0.2) is 48.6 Å². The summed E-state index contributed by atoms with van der Waals surface area (Å²) in [6, 6.07) is 0. The Kier molecular flexibility index (Phi) is 16.0. The van der Waals surface area contributed by atoms with Gasteiger partial charge in [0, 0.05) is 0 Å². The van der Waals surface area contributed by atoms with Crippen molar-refractivity contribution in [2.24, 2.45) is 0 Å². The molecule has 0 N–H and O–H groups in total. The molecule has 0 nitrogen and oxygen atoms in total. The van der Waals surface area contributed by atoms with E-state index in [4.69, 9.17) is 0 Å². The van der Waals surface area contributed by atoms with Crippen LogP contribution in [0.4, 0.5) is 0 Å². The molecule has 0 amide bonds. The number of unbranched alkanes of at least 4 members (excludes halogenated alkanes) is 4. The van der Waals surface area contributed by atoms with Gasteiger partial charge in [-0.15, -0.1) is 0 Å². The highest BCUT2D eigenvalue weighted by atomic mass is 13.9. The summed E-state index contributed by atoms with van der Waals surface area (Å²) in [5.74, 6) is 0. The van der Waals surface area contributed by atoms with E-state index in [2.05, 4.69) is 62.5 Å². The van der Waals surface area contributed by atoms with Crippen molar-refractivity contribution in [2.45, 2.75) is 71.6 Å². The van der Waals surface area contributed by atoms with Gasteiger partial charge in [0.05, 0.1) is 0 Å². The van der Waals surface area contributed by atoms with Gasteiger partial charge in [-0.1, -0.05) is 81.7 Å². The second-order valence-electron chi connectivity index (χ2n) is 4.88. The standard InChI is InChI=1S/C19H32/c1-3-5-7-9-11-13-15-17-19-18-16-14-12-10-8-6-4-2/h7,9,12-15,18-19H,3-6,8,10-11,16-17H2,1-2H3/b9-7-,14-12+,15-13+,19-18+. The highest BCUT2D eigenvalue weighted by molar-refractivity contribution is 4.99. The number of rotatable bonds is 12. The molecule has 0 radical (unpaired) electrons. The number of hydrogen-bond acceptors (Lipinski definition) is 0. The third-order valence-corrected chi connectivity index (χ3v) is 2.91. The summed E-state index contributed by atoms with van der Waals surface area (Å²) >= 11 is 0. The van der Waals surface area contributed by atoms with Crippen LogP contribution in [0.3, 0.4) is 0 Å². The van der Waals surface area contributed by atoms with Gasteiger partial charge in [-0.25, -0.2) is 0 Å². The first-order valence-corrected chi connectivity index (χ1v) is 8.01. The molecule has 0 fully saturated rings. The quantitative estimate of drug-likeness (QED) is 0.268. The first-order valence-electron chi connectivity index (χ1n) is 8.01. The van der Waals surface area contributed by atoms with Crippen LogP contribution in [0.2, 0.25) is 0 Å². The normalized spacial score (nSPS) is 12.7. The van der Waals surface area contributed by atoms with E-state index in [1.807, 2.05) is 0 Å². The van der Waals surface area contributed by atoms with Crippen molar-refractivity contribution < 1.29 is 0 Å². The van der Waals surface area contributed by atoms with E-state index < -0.39 is 0 Å². The van der Waals surface area contributed by atoms with Gasteiger partial charge in [-0.05, 0) is 38.5 Å². The maximum absolute atomic E-state index is 2.31. The summed E-state index contributed by atoms with van der Waals surface area (Å²) in [4.78, 5) is 0. The lowest BCUT2D eigenvalue weighted by atomic mass is 10.2. The molecule has 0 aromatic heterocycles. The van der Waals surface area contributed by atoms with Crippen molar-refractivity contribution in [3.05, 3.63) is 48.6 Å². The number of allylic oxidation sites excluding steroid dienone is 8. The summed E-state index contributed by atoms with van der Waals surface area (Å²) in [6.45, 7) is 4.46. The molecule has 0 aliphatic carbocycles. The van der Waals surface area contributed by atoms with Gasteiger partial charge < -0.3 is 0 Å². The topological polar surface area (TPSA) is 0 Å². The predicted octanol–water partition coefficient (Wildman–Crippen LogP) is 6.76. The third-order valence-electron chi connectivity index (χ3n) is 2.91. The molecule has 0 heterocycles. The SMILES string of the molecule is CCC/C=C\C/C=C/C/C=C/C/C=C/CCCCC. The molecule has 0 atom stereocenters. The van der Waals surface area contributed by atoms with Gasteiger partial charge in [0.15, 0.2) is 0 Å². The number of hydrogen-bond donors (Lipinski definition) is 0. The molecule has 0 saturated carbocycles. The van der Waals surface area contributed by atoms with E-state index in [9.17, 15) is 0 Å². The Morgan fingerprint density at radius 3 is 1.42 bits per heavy atom. The minimum atomic E-state index is 1.06. The molecule has 0 saturated heterocycles. The largest absolute Gasteiger partial charge is 0.0882 e. The smallest absolute Gasteiger partial charge is 0.0169 e. The van der Waals surface area contributed by atoms with Gasteiger partial charge in [-0.2, -0.15) is 0 Å². The minimum Gasteiger partial charge on any atom is -0.0882 e. The molecule has 0 heteroatoms. The van der Waals surface area contributed by atoms with Crippen LogP contribution in [0, 0.1) is 0 Å². The Morgan fingerprint density at radius 1 is 0.474 bits per heavy atom. The molecule has 108 valence electrons. The van der Waals surface area contributed by atoms with Crippen molar-refractivity contribution >= 4 is 0 Å². The predicted molar refractivity (Wildman–Crippen MR) is 89.5 cm³/mol. The molecule has 19 heavy (non-hydrogen) atoms. The molecule has 0 aliphatic rings. The van der Waals surface area contributed by atoms with Gasteiger partial charge in [0.1, 0.15) is 0 Å². The lowest BCUT2D eigenvalue weighted by Crippen LogP contribution is -1.70. The second kappa shape index (κ2) is 17.0. The Bertz CT molecular complexity index is 266. The monoisotopic (exact) mass is 260 g/mol. The Balaban J connectivity index is 3.35. The van der Waals surface area contributed by atoms with Crippen LogP contribution in [0.5, 0.6) is 0 Å². The fraction of sp³-hybridized carbons (Fsp3) is 0.579. The molecule has 0 aromatic rings. The summed E-state index contributed by atoms with van der Waals surface area (Å²) < 4.78 is 0. The van der Waals surface area contributed by atoms with Crippen molar-refractivity contribution in [3.63, 3.8) is 0 Å². The zero-order valence-corrected chi connectivity index (χ0v) is 13.0. The molecule has 0 rings (SSSR count). The van der Waals surface area contributed by atoms with E-state index in [0.29, 0.717) is 0 Å². The lowest BCUT2D eigenvalue weighted by molar-refractivity contribution is 0.728. The van der Waals surface area contributed by atoms with Crippen LogP contribution in [0.1, 0.15) is 71.6 Å². The molecular weight excluding hydrogens is 228 g/mol. The Hall–Kier alpha value is -1.04. The summed E-state index contributed by atoms with van der Waals surface area (Å²) in [5.41, 5.74) is 0. The van der Waals surface area contributed by atoms with Gasteiger partial charge in [0.2, 0.25) is 0 Å². The van der Waals surface area contributed by atoms with Gasteiger partial charge in [-0.3, -0.25) is 0 Å². The van der Waals surface area contributed by atoms with Gasteiger partial charge in [0.25, 0.3) is 0 Å². The maximum atomic E-state index is 2.31. The Labute approximate surface area is 121 Å². The highest BCUT2D eigenvalue weighted by Gasteiger charge is 1.80. The van der Waals surface area contributed by atoms with Crippen LogP contribution in [-0.4, -0.2) is 0 Å².